The van der Waals surface area contributed by atoms with E-state index in [2.05, 4.69) is 9.98 Å². The van der Waals surface area contributed by atoms with Crippen LogP contribution < -0.4 is 4.90 Å². The molecule has 0 saturated carbocycles. The van der Waals surface area contributed by atoms with Crippen molar-refractivity contribution in [2.45, 2.75) is 6.54 Å². The number of anilines is 1. The molecule has 0 unspecified atom stereocenters. The van der Waals surface area contributed by atoms with Gasteiger partial charge in [-0.15, -0.1) is 0 Å². The fourth-order valence-corrected chi connectivity index (χ4v) is 3.16. The zero-order chi connectivity index (χ0) is 18.1. The lowest BCUT2D eigenvalue weighted by Crippen LogP contribution is -2.29. The molecule has 6 heteroatoms. The van der Waals surface area contributed by atoms with E-state index in [0.717, 1.165) is 16.9 Å². The Bertz CT molecular complexity index is 1020. The molecule has 26 heavy (non-hydrogen) atoms. The molecule has 128 valence electrons. The number of benzene rings is 2. The number of carbonyl (C=O) groups excluding carboxylic acids is 1. The summed E-state index contributed by atoms with van der Waals surface area (Å²) >= 11 is 12.0. The third-order valence-corrected chi connectivity index (χ3v) is 4.83. The molecule has 1 aliphatic heterocycles. The Balaban J connectivity index is 1.76. The average Bonchev–Trinajstić information content (AvgIpc) is 2.92. The van der Waals surface area contributed by atoms with Crippen LogP contribution in [0.4, 0.5) is 11.4 Å². The second-order valence-electron chi connectivity index (χ2n) is 5.79. The smallest absolute Gasteiger partial charge is 0.277 e. The summed E-state index contributed by atoms with van der Waals surface area (Å²) in [6.07, 6.45) is 1.71. The lowest BCUT2D eigenvalue weighted by atomic mass is 10.1. The summed E-state index contributed by atoms with van der Waals surface area (Å²) < 4.78 is 0. The third-order valence-electron chi connectivity index (χ3n) is 4.09. The van der Waals surface area contributed by atoms with Crippen molar-refractivity contribution >= 4 is 46.2 Å². The highest BCUT2D eigenvalue weighted by atomic mass is 35.5. The summed E-state index contributed by atoms with van der Waals surface area (Å²) in [6.45, 7) is 0.386. The van der Waals surface area contributed by atoms with E-state index < -0.39 is 0 Å². The number of nitrogens with zero attached hydrogens (tertiary/aromatic N) is 3. The zero-order valence-corrected chi connectivity index (χ0v) is 15.1. The summed E-state index contributed by atoms with van der Waals surface area (Å²) in [5.41, 5.74) is 3.39. The van der Waals surface area contributed by atoms with Crippen LogP contribution in [0.1, 0.15) is 11.3 Å². The molecule has 0 atom stereocenters. The van der Waals surface area contributed by atoms with Crippen molar-refractivity contribution < 1.29 is 4.79 Å². The summed E-state index contributed by atoms with van der Waals surface area (Å²) in [4.78, 5) is 23.6. The van der Waals surface area contributed by atoms with Gasteiger partial charge in [0, 0.05) is 11.8 Å². The van der Waals surface area contributed by atoms with E-state index in [-0.39, 0.29) is 5.91 Å². The Morgan fingerprint density at radius 1 is 0.962 bits per heavy atom. The molecule has 0 N–H and O–H groups in total. The second-order valence-corrected chi connectivity index (χ2v) is 6.60. The van der Waals surface area contributed by atoms with Gasteiger partial charge in [0.1, 0.15) is 5.71 Å². The number of aromatic nitrogens is 1. The van der Waals surface area contributed by atoms with Gasteiger partial charge in [-0.2, -0.15) is 0 Å². The Morgan fingerprint density at radius 2 is 1.77 bits per heavy atom. The van der Waals surface area contributed by atoms with Gasteiger partial charge in [0.25, 0.3) is 5.91 Å². The first-order valence-electron chi connectivity index (χ1n) is 7.98. The van der Waals surface area contributed by atoms with E-state index >= 15 is 0 Å². The first-order chi connectivity index (χ1) is 12.6. The summed E-state index contributed by atoms with van der Waals surface area (Å²) in [5.74, 6) is -0.164. The minimum atomic E-state index is -0.164. The minimum absolute atomic E-state index is 0.164. The Labute approximate surface area is 160 Å². The van der Waals surface area contributed by atoms with Gasteiger partial charge in [-0.1, -0.05) is 47.5 Å². The van der Waals surface area contributed by atoms with Crippen molar-refractivity contribution in [3.8, 4) is 0 Å². The predicted molar refractivity (Wildman–Crippen MR) is 105 cm³/mol. The maximum atomic E-state index is 13.0. The molecule has 0 spiro atoms. The van der Waals surface area contributed by atoms with Crippen molar-refractivity contribution in [1.29, 1.82) is 0 Å². The molecular weight excluding hydrogens is 369 g/mol. The van der Waals surface area contributed by atoms with Gasteiger partial charge in [-0.3, -0.25) is 9.78 Å². The normalized spacial score (nSPS) is 14.8. The molecule has 1 amide bonds. The number of para-hydroxylation sites is 1. The maximum Gasteiger partial charge on any atom is 0.277 e. The van der Waals surface area contributed by atoms with Gasteiger partial charge in [-0.25, -0.2) is 4.99 Å². The Hall–Kier alpha value is -2.69. The SMILES string of the molecule is O=C1C(=Nc2ccc(Cl)c(Cl)c2)c2ccccc2N1Cc1ccccn1. The second kappa shape index (κ2) is 6.90. The monoisotopic (exact) mass is 381 g/mol. The van der Waals surface area contributed by atoms with Crippen LogP contribution in [0.5, 0.6) is 0 Å². The Morgan fingerprint density at radius 3 is 2.54 bits per heavy atom. The molecule has 0 radical (unpaired) electrons. The molecule has 1 aliphatic rings. The molecule has 3 aromatic rings. The molecule has 1 aromatic heterocycles. The highest BCUT2D eigenvalue weighted by Gasteiger charge is 2.33. The van der Waals surface area contributed by atoms with Crippen molar-refractivity contribution in [2.75, 3.05) is 4.90 Å². The fraction of sp³-hybridized carbons (Fsp3) is 0.0500. The molecule has 4 rings (SSSR count). The van der Waals surface area contributed by atoms with Gasteiger partial charge in [0.2, 0.25) is 0 Å². The van der Waals surface area contributed by atoms with Crippen molar-refractivity contribution in [1.82, 2.24) is 4.98 Å². The topological polar surface area (TPSA) is 45.6 Å². The summed E-state index contributed by atoms with van der Waals surface area (Å²) in [6, 6.07) is 18.3. The van der Waals surface area contributed by atoms with E-state index in [1.807, 2.05) is 42.5 Å². The number of carbonyl (C=O) groups is 1. The number of rotatable bonds is 3. The molecule has 0 saturated heterocycles. The van der Waals surface area contributed by atoms with Crippen molar-refractivity contribution in [3.05, 3.63) is 88.2 Å². The van der Waals surface area contributed by atoms with Gasteiger partial charge in [0.05, 0.1) is 33.7 Å². The van der Waals surface area contributed by atoms with Gasteiger partial charge in [0.15, 0.2) is 0 Å². The average molecular weight is 382 g/mol. The van der Waals surface area contributed by atoms with Gasteiger partial charge < -0.3 is 4.90 Å². The first-order valence-corrected chi connectivity index (χ1v) is 8.74. The van der Waals surface area contributed by atoms with E-state index in [4.69, 9.17) is 23.2 Å². The first kappa shape index (κ1) is 16.8. The van der Waals surface area contributed by atoms with Gasteiger partial charge in [-0.05, 0) is 36.4 Å². The largest absolute Gasteiger partial charge is 0.300 e. The highest BCUT2D eigenvalue weighted by molar-refractivity contribution is 6.54. The molecule has 4 nitrogen and oxygen atoms in total. The fourth-order valence-electron chi connectivity index (χ4n) is 2.86. The number of aliphatic imine (C=N–C) groups is 1. The van der Waals surface area contributed by atoms with E-state index in [1.54, 1.807) is 29.3 Å². The number of halogens is 2. The maximum absolute atomic E-state index is 13.0. The van der Waals surface area contributed by atoms with Crippen LogP contribution in [0, 0.1) is 0 Å². The number of pyridine rings is 1. The van der Waals surface area contributed by atoms with Crippen molar-refractivity contribution in [3.63, 3.8) is 0 Å². The van der Waals surface area contributed by atoms with Crippen LogP contribution in [0.25, 0.3) is 0 Å². The van der Waals surface area contributed by atoms with E-state index in [9.17, 15) is 4.79 Å². The third kappa shape index (κ3) is 3.09. The van der Waals surface area contributed by atoms with Crippen LogP contribution in [0.3, 0.4) is 0 Å². The Kier molecular flexibility index (Phi) is 4.45. The van der Waals surface area contributed by atoms with Crippen LogP contribution in [-0.4, -0.2) is 16.6 Å². The quantitative estimate of drug-likeness (QED) is 0.636. The van der Waals surface area contributed by atoms with Crippen LogP contribution in [0.2, 0.25) is 10.0 Å². The molecule has 0 aliphatic carbocycles. The lowest BCUT2D eigenvalue weighted by Gasteiger charge is -2.16. The standard InChI is InChI=1S/C20H13Cl2N3O/c21-16-9-8-13(11-17(16)22)24-19-15-6-1-2-7-18(15)25(20(19)26)12-14-5-3-4-10-23-14/h1-11H,12H2. The predicted octanol–water partition coefficient (Wildman–Crippen LogP) is 5.06. The number of hydrogen-bond donors (Lipinski definition) is 0. The van der Waals surface area contributed by atoms with Crippen LogP contribution in [-0.2, 0) is 11.3 Å². The van der Waals surface area contributed by atoms with E-state index in [0.29, 0.717) is 28.0 Å². The number of hydrogen-bond acceptors (Lipinski definition) is 3. The molecule has 0 bridgehead atoms. The zero-order valence-electron chi connectivity index (χ0n) is 13.6. The van der Waals surface area contributed by atoms with Crippen LogP contribution >= 0.6 is 23.2 Å². The highest BCUT2D eigenvalue weighted by Crippen LogP contribution is 2.33. The lowest BCUT2D eigenvalue weighted by molar-refractivity contribution is -0.112. The minimum Gasteiger partial charge on any atom is -0.300 e. The van der Waals surface area contributed by atoms with E-state index in [1.165, 1.54) is 0 Å². The summed E-state index contributed by atoms with van der Waals surface area (Å²) in [5, 5.41) is 0.850. The molecular formula is C20H13Cl2N3O. The molecule has 0 fully saturated rings. The molecule has 2 aromatic carbocycles. The number of fused-ring (bicyclic) bond motifs is 1. The number of amides is 1. The molecule has 2 heterocycles. The van der Waals surface area contributed by atoms with Crippen molar-refractivity contribution in [2.24, 2.45) is 4.99 Å². The van der Waals surface area contributed by atoms with Crippen LogP contribution in [0.15, 0.2) is 71.9 Å². The summed E-state index contributed by atoms with van der Waals surface area (Å²) in [7, 11) is 0. The van der Waals surface area contributed by atoms with Gasteiger partial charge >= 0.3 is 0 Å².